The summed E-state index contributed by atoms with van der Waals surface area (Å²) >= 11 is 5.93. The zero-order valence-corrected chi connectivity index (χ0v) is 14.8. The molecule has 2 aromatic rings. The first-order valence-corrected chi connectivity index (χ1v) is 8.23. The highest BCUT2D eigenvalue weighted by molar-refractivity contribution is 6.30. The van der Waals surface area contributed by atoms with E-state index in [1.54, 1.807) is 6.07 Å². The van der Waals surface area contributed by atoms with Gasteiger partial charge in [0.2, 0.25) is 5.91 Å². The molecule has 2 aromatic carbocycles. The van der Waals surface area contributed by atoms with Crippen LogP contribution in [-0.4, -0.2) is 10.8 Å². The number of nitrogens with one attached hydrogen (secondary N) is 1. The van der Waals surface area contributed by atoms with E-state index in [2.05, 4.69) is 19.2 Å². The van der Waals surface area contributed by atoms with Crippen molar-refractivity contribution in [2.45, 2.75) is 26.4 Å². The molecule has 25 heavy (non-hydrogen) atoms. The summed E-state index contributed by atoms with van der Waals surface area (Å²) in [5, 5.41) is 15.3. The van der Waals surface area contributed by atoms with Crippen LogP contribution in [0.5, 0.6) is 0 Å². The van der Waals surface area contributed by atoms with E-state index in [9.17, 15) is 14.9 Å². The molecule has 0 aliphatic heterocycles. The van der Waals surface area contributed by atoms with Gasteiger partial charge in [-0.1, -0.05) is 43.6 Å². The lowest BCUT2D eigenvalue weighted by Crippen LogP contribution is -2.25. The molecule has 0 fully saturated rings. The molecule has 2 rings (SSSR count). The fourth-order valence-corrected chi connectivity index (χ4v) is 2.79. The summed E-state index contributed by atoms with van der Waals surface area (Å²) in [5.41, 5.74) is 6.74. The number of halogens is 1. The zero-order chi connectivity index (χ0) is 18.6. The molecule has 0 aliphatic rings. The van der Waals surface area contributed by atoms with Crippen LogP contribution < -0.4 is 11.1 Å². The van der Waals surface area contributed by atoms with Gasteiger partial charge >= 0.3 is 0 Å². The van der Waals surface area contributed by atoms with Gasteiger partial charge in [-0.3, -0.25) is 14.9 Å². The Hall–Kier alpha value is -2.44. The molecule has 1 amide bonds. The Morgan fingerprint density at radius 2 is 1.88 bits per heavy atom. The SMILES string of the molecule is CC(C)[C@@H](NCc1ccc(C(N)=O)cc1[N+](=O)[O-])c1ccc(Cl)cc1. The summed E-state index contributed by atoms with van der Waals surface area (Å²) in [6, 6.07) is 11.8. The molecule has 6 nitrogen and oxygen atoms in total. The van der Waals surface area contributed by atoms with Crippen LogP contribution in [0.4, 0.5) is 5.69 Å². The van der Waals surface area contributed by atoms with Crippen molar-refractivity contribution in [2.24, 2.45) is 11.7 Å². The largest absolute Gasteiger partial charge is 0.366 e. The van der Waals surface area contributed by atoms with Gasteiger partial charge in [-0.05, 0) is 29.7 Å². The second kappa shape index (κ2) is 8.09. The lowest BCUT2D eigenvalue weighted by atomic mass is 9.95. The van der Waals surface area contributed by atoms with Crippen molar-refractivity contribution in [3.8, 4) is 0 Å². The average Bonchev–Trinajstić information content (AvgIpc) is 2.56. The Morgan fingerprint density at radius 1 is 1.24 bits per heavy atom. The number of nitro benzene ring substituents is 1. The topological polar surface area (TPSA) is 98.3 Å². The molecule has 0 unspecified atom stereocenters. The van der Waals surface area contributed by atoms with Gasteiger partial charge in [0.15, 0.2) is 0 Å². The van der Waals surface area contributed by atoms with Gasteiger partial charge in [-0.2, -0.15) is 0 Å². The van der Waals surface area contributed by atoms with Crippen molar-refractivity contribution in [1.29, 1.82) is 0 Å². The van der Waals surface area contributed by atoms with Crippen LogP contribution >= 0.6 is 11.6 Å². The van der Waals surface area contributed by atoms with Crippen LogP contribution in [0.1, 0.15) is 41.4 Å². The quantitative estimate of drug-likeness (QED) is 0.578. The lowest BCUT2D eigenvalue weighted by molar-refractivity contribution is -0.385. The third-order valence-corrected chi connectivity index (χ3v) is 4.23. The summed E-state index contributed by atoms with van der Waals surface area (Å²) < 4.78 is 0. The number of amides is 1. The van der Waals surface area contributed by atoms with Crippen molar-refractivity contribution in [1.82, 2.24) is 5.32 Å². The molecule has 0 radical (unpaired) electrons. The Morgan fingerprint density at radius 3 is 2.40 bits per heavy atom. The minimum atomic E-state index is -0.691. The molecular weight excluding hydrogens is 342 g/mol. The van der Waals surface area contributed by atoms with E-state index < -0.39 is 10.8 Å². The smallest absolute Gasteiger partial charge is 0.274 e. The van der Waals surface area contributed by atoms with Crippen molar-refractivity contribution >= 4 is 23.2 Å². The second-order valence-corrected chi connectivity index (χ2v) is 6.56. The normalized spacial score (nSPS) is 12.2. The van der Waals surface area contributed by atoms with Crippen LogP contribution in [0, 0.1) is 16.0 Å². The Kier molecular flexibility index (Phi) is 6.12. The molecule has 0 bridgehead atoms. The number of hydrogen-bond acceptors (Lipinski definition) is 4. The molecule has 7 heteroatoms. The molecule has 1 atom stereocenters. The molecule has 132 valence electrons. The summed E-state index contributed by atoms with van der Waals surface area (Å²) in [6.45, 7) is 4.43. The van der Waals surface area contributed by atoms with Gasteiger partial charge < -0.3 is 11.1 Å². The lowest BCUT2D eigenvalue weighted by Gasteiger charge is -2.23. The van der Waals surface area contributed by atoms with Gasteiger partial charge in [-0.25, -0.2) is 0 Å². The van der Waals surface area contributed by atoms with E-state index >= 15 is 0 Å². The number of nitro groups is 1. The number of hydrogen-bond donors (Lipinski definition) is 2. The first-order chi connectivity index (χ1) is 11.8. The van der Waals surface area contributed by atoms with E-state index in [1.165, 1.54) is 12.1 Å². The summed E-state index contributed by atoms with van der Waals surface area (Å²) in [4.78, 5) is 22.0. The summed E-state index contributed by atoms with van der Waals surface area (Å²) in [6.07, 6.45) is 0. The van der Waals surface area contributed by atoms with Crippen LogP contribution in [0.25, 0.3) is 0 Å². The summed E-state index contributed by atoms with van der Waals surface area (Å²) in [5.74, 6) is -0.422. The number of nitrogens with zero attached hydrogens (tertiary/aromatic N) is 1. The van der Waals surface area contributed by atoms with Gasteiger partial charge in [0.05, 0.1) is 4.92 Å². The molecule has 0 spiro atoms. The maximum absolute atomic E-state index is 11.3. The van der Waals surface area contributed by atoms with E-state index in [1.807, 2.05) is 24.3 Å². The number of nitrogens with two attached hydrogens (primary N) is 1. The average molecular weight is 362 g/mol. The highest BCUT2D eigenvalue weighted by atomic mass is 35.5. The highest BCUT2D eigenvalue weighted by Crippen LogP contribution is 2.26. The molecule has 0 saturated carbocycles. The third-order valence-electron chi connectivity index (χ3n) is 3.97. The van der Waals surface area contributed by atoms with Crippen molar-refractivity contribution < 1.29 is 9.72 Å². The Bertz CT molecular complexity index is 776. The first kappa shape index (κ1) is 18.9. The Labute approximate surface area is 151 Å². The van der Waals surface area contributed by atoms with Crippen molar-refractivity contribution in [3.05, 3.63) is 74.3 Å². The van der Waals surface area contributed by atoms with Gasteiger partial charge in [-0.15, -0.1) is 0 Å². The number of carbonyl (C=O) groups is 1. The van der Waals surface area contributed by atoms with Crippen molar-refractivity contribution in [3.63, 3.8) is 0 Å². The number of benzene rings is 2. The fraction of sp³-hybridized carbons (Fsp3) is 0.278. The predicted octanol–water partition coefficient (Wildman–Crippen LogP) is 3.83. The molecular formula is C18H20ClN3O3. The first-order valence-electron chi connectivity index (χ1n) is 7.85. The van der Waals surface area contributed by atoms with Gasteiger partial charge in [0, 0.05) is 34.8 Å². The Balaban J connectivity index is 2.24. The van der Waals surface area contributed by atoms with E-state index in [0.29, 0.717) is 17.1 Å². The molecule has 0 saturated heterocycles. The van der Waals surface area contributed by atoms with Crippen LogP contribution in [0.15, 0.2) is 42.5 Å². The zero-order valence-electron chi connectivity index (χ0n) is 14.0. The third kappa shape index (κ3) is 4.78. The van der Waals surface area contributed by atoms with E-state index in [-0.39, 0.29) is 23.2 Å². The minimum Gasteiger partial charge on any atom is -0.366 e. The predicted molar refractivity (Wildman–Crippen MR) is 97.5 cm³/mol. The van der Waals surface area contributed by atoms with Crippen LogP contribution in [-0.2, 0) is 6.54 Å². The van der Waals surface area contributed by atoms with Gasteiger partial charge in [0.1, 0.15) is 0 Å². The van der Waals surface area contributed by atoms with Crippen LogP contribution in [0.2, 0.25) is 5.02 Å². The second-order valence-electron chi connectivity index (χ2n) is 6.12. The maximum Gasteiger partial charge on any atom is 0.274 e. The minimum absolute atomic E-state index is 0.00712. The molecule has 0 aliphatic carbocycles. The molecule has 0 aromatic heterocycles. The standard InChI is InChI=1S/C18H20ClN3O3/c1-11(2)17(12-5-7-15(19)8-6-12)21-10-14-4-3-13(18(20)23)9-16(14)22(24)25/h3-9,11,17,21H,10H2,1-2H3,(H2,20,23)/t17-/m1/s1. The number of carbonyl (C=O) groups excluding carboxylic acids is 1. The molecule has 3 N–H and O–H groups in total. The fourth-order valence-electron chi connectivity index (χ4n) is 2.67. The van der Waals surface area contributed by atoms with Crippen molar-refractivity contribution in [2.75, 3.05) is 0 Å². The maximum atomic E-state index is 11.3. The van der Waals surface area contributed by atoms with Crippen LogP contribution in [0.3, 0.4) is 0 Å². The molecule has 0 heterocycles. The highest BCUT2D eigenvalue weighted by Gasteiger charge is 2.20. The summed E-state index contributed by atoms with van der Waals surface area (Å²) in [7, 11) is 0. The van der Waals surface area contributed by atoms with E-state index in [0.717, 1.165) is 5.56 Å². The van der Waals surface area contributed by atoms with E-state index in [4.69, 9.17) is 17.3 Å². The monoisotopic (exact) mass is 361 g/mol. The number of rotatable bonds is 7. The number of primary amides is 1. The van der Waals surface area contributed by atoms with Gasteiger partial charge in [0.25, 0.3) is 5.69 Å².